The summed E-state index contributed by atoms with van der Waals surface area (Å²) in [4.78, 5) is 4.43. The van der Waals surface area contributed by atoms with E-state index in [2.05, 4.69) is 9.71 Å². The van der Waals surface area contributed by atoms with Crippen LogP contribution in [0.5, 0.6) is 0 Å². The number of hydrogen-bond donors (Lipinski definition) is 2. The van der Waals surface area contributed by atoms with Gasteiger partial charge >= 0.3 is 0 Å². The van der Waals surface area contributed by atoms with Crippen molar-refractivity contribution in [3.05, 3.63) is 82.7 Å². The number of nitrogens with one attached hydrogen (secondary N) is 1. The molecule has 1 fully saturated rings. The van der Waals surface area contributed by atoms with Gasteiger partial charge in [-0.25, -0.2) is 22.5 Å². The molecule has 4 rings (SSSR count). The number of nitrogens with two attached hydrogens (primary N) is 1. The van der Waals surface area contributed by atoms with Gasteiger partial charge in [0, 0.05) is 17.0 Å². The van der Waals surface area contributed by atoms with E-state index < -0.39 is 26.9 Å². The standard InChI is InChI=1S/C26H29ClFN3O3S/c1-26(2)24(19-10-8-18(9-11-19)17-6-4-3-5-7-17)35(32,33)31-25(34-26)30-23(14-15-29)21-16-20(27)12-13-22(21)28/h3-11,16,23-24H,12-15,29H2,1-2H3,(H,30,31)/t23-,24?/m0/s1. The Morgan fingerprint density at radius 2 is 1.80 bits per heavy atom. The number of halogens is 2. The number of amidine groups is 1. The Hall–Kier alpha value is -2.68. The highest BCUT2D eigenvalue weighted by Crippen LogP contribution is 2.39. The molecule has 3 N–H and O–H groups in total. The summed E-state index contributed by atoms with van der Waals surface area (Å²) >= 11 is 6.13. The summed E-state index contributed by atoms with van der Waals surface area (Å²) in [6, 6.07) is 16.3. The fourth-order valence-electron chi connectivity index (χ4n) is 4.55. The largest absolute Gasteiger partial charge is 0.457 e. The predicted molar refractivity (Wildman–Crippen MR) is 138 cm³/mol. The minimum atomic E-state index is -3.91. The van der Waals surface area contributed by atoms with Crippen LogP contribution < -0.4 is 10.5 Å². The van der Waals surface area contributed by atoms with Crippen molar-refractivity contribution in [1.29, 1.82) is 0 Å². The molecule has 2 atom stereocenters. The van der Waals surface area contributed by atoms with E-state index in [9.17, 15) is 12.8 Å². The zero-order valence-electron chi connectivity index (χ0n) is 19.7. The van der Waals surface area contributed by atoms with Gasteiger partial charge in [-0.2, -0.15) is 0 Å². The Bertz CT molecular complexity index is 1270. The molecule has 1 unspecified atom stereocenters. The summed E-state index contributed by atoms with van der Waals surface area (Å²) in [5.41, 5.74) is 7.51. The first-order chi connectivity index (χ1) is 16.6. The van der Waals surface area contributed by atoms with Gasteiger partial charge < -0.3 is 10.5 Å². The van der Waals surface area contributed by atoms with Crippen molar-refractivity contribution in [2.45, 2.75) is 50.0 Å². The molecule has 0 radical (unpaired) electrons. The summed E-state index contributed by atoms with van der Waals surface area (Å²) in [6.07, 6.45) is 2.45. The van der Waals surface area contributed by atoms with Crippen LogP contribution in [0.4, 0.5) is 4.39 Å². The lowest BCUT2D eigenvalue weighted by Gasteiger charge is -2.39. The third-order valence-corrected chi connectivity index (χ3v) is 8.35. The smallest absolute Gasteiger partial charge is 0.299 e. The van der Waals surface area contributed by atoms with Gasteiger partial charge in [-0.3, -0.25) is 0 Å². The molecule has 1 aliphatic heterocycles. The van der Waals surface area contributed by atoms with Gasteiger partial charge in [-0.15, -0.1) is 0 Å². The number of nitrogens with zero attached hydrogens (tertiary/aromatic N) is 1. The molecule has 0 aromatic heterocycles. The van der Waals surface area contributed by atoms with Crippen LogP contribution in [0.3, 0.4) is 0 Å². The highest BCUT2D eigenvalue weighted by atomic mass is 35.5. The topological polar surface area (TPSA) is 93.8 Å². The lowest BCUT2D eigenvalue weighted by Crippen LogP contribution is -2.53. The highest BCUT2D eigenvalue weighted by Gasteiger charge is 2.48. The molecule has 35 heavy (non-hydrogen) atoms. The van der Waals surface area contributed by atoms with Crippen LogP contribution in [-0.4, -0.2) is 32.6 Å². The molecule has 1 heterocycles. The average molecular weight is 518 g/mol. The highest BCUT2D eigenvalue weighted by molar-refractivity contribution is 7.90. The zero-order valence-corrected chi connectivity index (χ0v) is 21.2. The normalized spacial score (nSPS) is 23.3. The SMILES string of the molecule is CC1(C)OC(=N[C@@H](CCN)C2=C(F)CCC(Cl)=C2)NS(=O)(=O)C1c1ccc(-c2ccccc2)cc1. The first-order valence-corrected chi connectivity index (χ1v) is 13.4. The second-order valence-corrected chi connectivity index (χ2v) is 11.5. The molecule has 2 aromatic carbocycles. The second kappa shape index (κ2) is 10.1. The molecule has 2 aromatic rings. The number of rotatable bonds is 6. The molecule has 0 amide bonds. The Morgan fingerprint density at radius 1 is 1.14 bits per heavy atom. The quantitative estimate of drug-likeness (QED) is 0.541. The number of benzene rings is 2. The second-order valence-electron chi connectivity index (χ2n) is 9.20. The molecular formula is C26H29ClFN3O3S. The molecular weight excluding hydrogens is 489 g/mol. The van der Waals surface area contributed by atoms with Crippen molar-refractivity contribution in [2.24, 2.45) is 10.7 Å². The van der Waals surface area contributed by atoms with E-state index in [1.165, 1.54) is 0 Å². The van der Waals surface area contributed by atoms with Gasteiger partial charge in [-0.05, 0) is 56.0 Å². The zero-order chi connectivity index (χ0) is 25.2. The summed E-state index contributed by atoms with van der Waals surface area (Å²) < 4.78 is 49.8. The van der Waals surface area contributed by atoms with Crippen LogP contribution in [0.25, 0.3) is 11.1 Å². The van der Waals surface area contributed by atoms with E-state index in [0.717, 1.165) is 11.1 Å². The average Bonchev–Trinajstić information content (AvgIpc) is 2.80. The molecule has 0 saturated carbocycles. The number of hydrogen-bond acceptors (Lipinski definition) is 5. The van der Waals surface area contributed by atoms with E-state index in [0.29, 0.717) is 29.0 Å². The number of aliphatic imine (C=N–C) groups is 1. The van der Waals surface area contributed by atoms with Crippen LogP contribution in [0, 0.1) is 0 Å². The van der Waals surface area contributed by atoms with Gasteiger partial charge in [0.2, 0.25) is 10.0 Å². The summed E-state index contributed by atoms with van der Waals surface area (Å²) in [5.74, 6) is -0.327. The first-order valence-electron chi connectivity index (χ1n) is 11.5. The molecule has 0 spiro atoms. The Labute approximate surface area is 210 Å². The Morgan fingerprint density at radius 3 is 2.43 bits per heavy atom. The van der Waals surface area contributed by atoms with Crippen LogP contribution in [0.2, 0.25) is 0 Å². The van der Waals surface area contributed by atoms with Crippen molar-refractivity contribution in [1.82, 2.24) is 4.72 Å². The summed E-state index contributed by atoms with van der Waals surface area (Å²) in [5, 5.41) is -0.459. The van der Waals surface area contributed by atoms with Crippen LogP contribution in [-0.2, 0) is 14.8 Å². The molecule has 9 heteroatoms. The summed E-state index contributed by atoms with van der Waals surface area (Å²) in [6.45, 7) is 3.63. The fraction of sp³-hybridized carbons (Fsp3) is 0.346. The maximum absolute atomic E-state index is 14.6. The Balaban J connectivity index is 1.63. The van der Waals surface area contributed by atoms with Gasteiger partial charge in [-0.1, -0.05) is 66.2 Å². The van der Waals surface area contributed by atoms with Gasteiger partial charge in [0.15, 0.2) is 0 Å². The van der Waals surface area contributed by atoms with E-state index in [-0.39, 0.29) is 24.8 Å². The minimum absolute atomic E-state index is 0.176. The number of allylic oxidation sites excluding steroid dienone is 2. The van der Waals surface area contributed by atoms with E-state index in [4.69, 9.17) is 22.1 Å². The van der Waals surface area contributed by atoms with Crippen molar-refractivity contribution in [3.8, 4) is 11.1 Å². The van der Waals surface area contributed by atoms with Gasteiger partial charge in [0.1, 0.15) is 16.7 Å². The lowest BCUT2D eigenvalue weighted by molar-refractivity contribution is 0.0762. The number of ether oxygens (including phenoxy) is 1. The molecule has 1 saturated heterocycles. The van der Waals surface area contributed by atoms with Crippen molar-refractivity contribution in [3.63, 3.8) is 0 Å². The third-order valence-electron chi connectivity index (χ3n) is 6.13. The lowest BCUT2D eigenvalue weighted by atomic mass is 9.95. The fourth-order valence-corrected chi connectivity index (χ4v) is 6.53. The molecule has 186 valence electrons. The maximum Gasteiger partial charge on any atom is 0.299 e. The molecule has 1 aliphatic carbocycles. The maximum atomic E-state index is 14.6. The van der Waals surface area contributed by atoms with Crippen molar-refractivity contribution >= 4 is 27.6 Å². The van der Waals surface area contributed by atoms with Crippen LogP contribution >= 0.6 is 11.6 Å². The minimum Gasteiger partial charge on any atom is -0.457 e. The summed E-state index contributed by atoms with van der Waals surface area (Å²) in [7, 11) is -3.91. The first kappa shape index (κ1) is 25.4. The van der Waals surface area contributed by atoms with E-state index >= 15 is 0 Å². The molecule has 6 nitrogen and oxygen atoms in total. The van der Waals surface area contributed by atoms with E-state index in [1.807, 2.05) is 42.5 Å². The van der Waals surface area contributed by atoms with Gasteiger partial charge in [0.25, 0.3) is 6.02 Å². The van der Waals surface area contributed by atoms with Gasteiger partial charge in [0.05, 0.1) is 6.04 Å². The van der Waals surface area contributed by atoms with Crippen LogP contribution in [0.15, 0.2) is 82.1 Å². The van der Waals surface area contributed by atoms with Crippen molar-refractivity contribution in [2.75, 3.05) is 6.54 Å². The third kappa shape index (κ3) is 5.60. The number of sulfonamides is 1. The molecule has 2 aliphatic rings. The van der Waals surface area contributed by atoms with E-state index in [1.54, 1.807) is 32.1 Å². The van der Waals surface area contributed by atoms with Crippen molar-refractivity contribution < 1.29 is 17.5 Å². The predicted octanol–water partition coefficient (Wildman–Crippen LogP) is 5.34. The Kier molecular flexibility index (Phi) is 7.35. The molecule has 0 bridgehead atoms. The van der Waals surface area contributed by atoms with Crippen LogP contribution in [0.1, 0.15) is 43.9 Å². The monoisotopic (exact) mass is 517 g/mol.